The molecule has 0 aromatic heterocycles. The maximum atomic E-state index is 12.9. The van der Waals surface area contributed by atoms with Crippen molar-refractivity contribution in [1.29, 1.82) is 5.41 Å². The van der Waals surface area contributed by atoms with Crippen molar-refractivity contribution in [2.24, 2.45) is 27.5 Å². The first-order valence-electron chi connectivity index (χ1n) is 9.84. The number of nitrogens with one attached hydrogen (secondary N) is 1. The molecule has 5 nitrogen and oxygen atoms in total. The third-order valence-corrected chi connectivity index (χ3v) is 6.45. The molecule has 0 amide bonds. The van der Waals surface area contributed by atoms with E-state index in [0.29, 0.717) is 17.2 Å². The molecule has 0 unspecified atom stereocenters. The molecule has 158 valence electrons. The van der Waals surface area contributed by atoms with Crippen molar-refractivity contribution >= 4 is 17.9 Å². The first-order valence-corrected chi connectivity index (χ1v) is 9.84. The lowest BCUT2D eigenvalue weighted by atomic mass is 9.55. The van der Waals surface area contributed by atoms with E-state index in [2.05, 4.69) is 11.9 Å². The predicted octanol–water partition coefficient (Wildman–Crippen LogP) is 4.46. The number of alkyl halides is 3. The zero-order valence-electron chi connectivity index (χ0n) is 16.4. The van der Waals surface area contributed by atoms with Gasteiger partial charge in [0.1, 0.15) is 0 Å². The highest BCUT2D eigenvalue weighted by Crippen LogP contribution is 2.59. The van der Waals surface area contributed by atoms with Gasteiger partial charge in [-0.2, -0.15) is 13.2 Å². The van der Waals surface area contributed by atoms with E-state index in [0.717, 1.165) is 31.3 Å². The smallest absolute Gasteiger partial charge is 0.394 e. The van der Waals surface area contributed by atoms with Crippen LogP contribution in [0.2, 0.25) is 0 Å². The summed E-state index contributed by atoms with van der Waals surface area (Å²) in [5.74, 6) is 0.283. The molecule has 0 aromatic rings. The molecular formula is C21H26F3N3O2. The van der Waals surface area contributed by atoms with E-state index in [1.54, 1.807) is 12.2 Å². The lowest BCUT2D eigenvalue weighted by Crippen LogP contribution is -2.48. The lowest BCUT2D eigenvalue weighted by molar-refractivity contribution is -0.190. The van der Waals surface area contributed by atoms with Gasteiger partial charge in [-0.05, 0) is 50.2 Å². The molecule has 0 saturated heterocycles. The van der Waals surface area contributed by atoms with Crippen LogP contribution >= 0.6 is 0 Å². The molecule has 3 aliphatic carbocycles. The Balaban J connectivity index is 1.59. The molecular weight excluding hydrogens is 383 g/mol. The van der Waals surface area contributed by atoms with E-state index < -0.39 is 17.0 Å². The van der Waals surface area contributed by atoms with Gasteiger partial charge in [-0.1, -0.05) is 13.3 Å². The van der Waals surface area contributed by atoms with E-state index in [1.807, 2.05) is 0 Å². The maximum Gasteiger partial charge on any atom is 0.394 e. The number of nitrogens with zero attached hydrogens (tertiary/aromatic N) is 1. The van der Waals surface area contributed by atoms with Gasteiger partial charge in [-0.15, -0.1) is 0 Å². The molecule has 1 spiro atoms. The fraction of sp³-hybridized carbons (Fsp3) is 0.571. The second-order valence-corrected chi connectivity index (χ2v) is 8.16. The first-order chi connectivity index (χ1) is 13.7. The normalized spacial score (nSPS) is 29.4. The average molecular weight is 409 g/mol. The van der Waals surface area contributed by atoms with E-state index >= 15 is 0 Å². The van der Waals surface area contributed by atoms with Gasteiger partial charge < -0.3 is 10.5 Å². The van der Waals surface area contributed by atoms with Gasteiger partial charge in [0.2, 0.25) is 5.90 Å². The minimum Gasteiger partial charge on any atom is -0.478 e. The van der Waals surface area contributed by atoms with Gasteiger partial charge >= 0.3 is 6.18 Å². The van der Waals surface area contributed by atoms with Gasteiger partial charge in [0, 0.05) is 23.5 Å². The summed E-state index contributed by atoms with van der Waals surface area (Å²) in [7, 11) is 0. The van der Waals surface area contributed by atoms with Crippen molar-refractivity contribution in [3.63, 3.8) is 0 Å². The molecule has 0 heterocycles. The van der Waals surface area contributed by atoms with Crippen LogP contribution in [-0.2, 0) is 9.53 Å². The second kappa shape index (κ2) is 7.80. The Hall–Kier alpha value is -2.38. The Morgan fingerprint density at radius 2 is 2.07 bits per heavy atom. The van der Waals surface area contributed by atoms with E-state index in [1.165, 1.54) is 12.3 Å². The van der Waals surface area contributed by atoms with Crippen LogP contribution in [0.4, 0.5) is 13.2 Å². The van der Waals surface area contributed by atoms with Crippen LogP contribution in [0.5, 0.6) is 0 Å². The number of carbonyl (C=O) groups is 1. The van der Waals surface area contributed by atoms with Crippen LogP contribution in [0, 0.1) is 22.2 Å². The van der Waals surface area contributed by atoms with Gasteiger partial charge in [0.25, 0.3) is 0 Å². The predicted molar refractivity (Wildman–Crippen MR) is 104 cm³/mol. The SMILES string of the molecule is CCC1CC2(C1)C(=N/C=C\C(=N)OCCC1(C(F)(F)F)CC1)C=CC(C=O)=C2N. The van der Waals surface area contributed by atoms with Gasteiger partial charge in [-0.25, -0.2) is 0 Å². The fourth-order valence-electron chi connectivity index (χ4n) is 4.16. The Morgan fingerprint density at radius 3 is 2.62 bits per heavy atom. The molecule has 0 bridgehead atoms. The summed E-state index contributed by atoms with van der Waals surface area (Å²) in [5.41, 5.74) is 5.89. The molecule has 2 saturated carbocycles. The van der Waals surface area contributed by atoms with Crippen molar-refractivity contribution < 1.29 is 22.7 Å². The molecule has 0 radical (unpaired) electrons. The van der Waals surface area contributed by atoms with Gasteiger partial charge in [0.15, 0.2) is 6.29 Å². The van der Waals surface area contributed by atoms with Crippen LogP contribution in [0.15, 0.2) is 40.7 Å². The number of hydrogen-bond donors (Lipinski definition) is 2. The largest absolute Gasteiger partial charge is 0.478 e. The molecule has 0 aliphatic heterocycles. The summed E-state index contributed by atoms with van der Waals surface area (Å²) >= 11 is 0. The molecule has 0 aromatic carbocycles. The number of allylic oxidation sites excluding steroid dienone is 4. The third kappa shape index (κ3) is 4.02. The Morgan fingerprint density at radius 1 is 1.38 bits per heavy atom. The van der Waals surface area contributed by atoms with E-state index in [4.69, 9.17) is 15.9 Å². The number of nitrogens with two attached hydrogens (primary N) is 1. The summed E-state index contributed by atoms with van der Waals surface area (Å²) in [6.45, 7) is 1.95. The summed E-state index contributed by atoms with van der Waals surface area (Å²) < 4.78 is 43.8. The minimum absolute atomic E-state index is 0.127. The van der Waals surface area contributed by atoms with E-state index in [9.17, 15) is 18.0 Å². The van der Waals surface area contributed by atoms with Crippen LogP contribution in [0.1, 0.15) is 45.4 Å². The van der Waals surface area contributed by atoms with Gasteiger partial charge in [0.05, 0.1) is 23.1 Å². The quantitative estimate of drug-likeness (QED) is 0.370. The molecule has 3 aliphatic rings. The number of hydrogen-bond acceptors (Lipinski definition) is 5. The highest BCUT2D eigenvalue weighted by Gasteiger charge is 2.62. The number of aliphatic imine (C=N–C) groups is 1. The maximum absolute atomic E-state index is 12.9. The summed E-state index contributed by atoms with van der Waals surface area (Å²) in [6.07, 6.45) is 5.42. The number of aldehydes is 1. The molecule has 29 heavy (non-hydrogen) atoms. The van der Waals surface area contributed by atoms with Crippen LogP contribution in [0.3, 0.4) is 0 Å². The molecule has 3 N–H and O–H groups in total. The minimum atomic E-state index is -4.21. The van der Waals surface area contributed by atoms with Crippen molar-refractivity contribution in [2.75, 3.05) is 6.61 Å². The average Bonchev–Trinajstić information content (AvgIpc) is 3.41. The van der Waals surface area contributed by atoms with Crippen molar-refractivity contribution in [3.05, 3.63) is 35.7 Å². The molecule has 2 fully saturated rings. The van der Waals surface area contributed by atoms with Crippen molar-refractivity contribution in [3.8, 4) is 0 Å². The molecule has 0 atom stereocenters. The highest BCUT2D eigenvalue weighted by atomic mass is 19.4. The van der Waals surface area contributed by atoms with Gasteiger partial charge in [-0.3, -0.25) is 15.2 Å². The number of rotatable bonds is 7. The third-order valence-electron chi connectivity index (χ3n) is 6.45. The van der Waals surface area contributed by atoms with Crippen molar-refractivity contribution in [2.45, 2.75) is 51.6 Å². The second-order valence-electron chi connectivity index (χ2n) is 8.16. The van der Waals surface area contributed by atoms with Crippen LogP contribution in [-0.4, -0.2) is 30.7 Å². The zero-order chi connectivity index (χ0) is 21.3. The summed E-state index contributed by atoms with van der Waals surface area (Å²) in [4.78, 5) is 15.7. The first kappa shape index (κ1) is 21.3. The van der Waals surface area contributed by atoms with Crippen molar-refractivity contribution in [1.82, 2.24) is 0 Å². The summed E-state index contributed by atoms with van der Waals surface area (Å²) in [6, 6.07) is 0. The fourth-order valence-corrected chi connectivity index (χ4v) is 4.16. The van der Waals surface area contributed by atoms with Crippen LogP contribution in [0.25, 0.3) is 0 Å². The van der Waals surface area contributed by atoms with Crippen LogP contribution < -0.4 is 5.73 Å². The number of carbonyl (C=O) groups excluding carboxylic acids is 1. The highest BCUT2D eigenvalue weighted by molar-refractivity contribution is 6.07. The topological polar surface area (TPSA) is 88.5 Å². The van der Waals surface area contributed by atoms with E-state index in [-0.39, 0.29) is 31.8 Å². The Bertz CT molecular complexity index is 798. The monoisotopic (exact) mass is 409 g/mol. The zero-order valence-corrected chi connectivity index (χ0v) is 16.4. The number of halogens is 3. The standard InChI is InChI=1S/C21H26F3N3O2/c1-2-14-11-20(12-14)16(4-3-15(13-28)18(20)26)27-9-5-17(25)29-10-8-19(6-7-19)21(22,23)24/h3-5,9,13-14,25H,2,6-8,10-12,26H2,1H3/b9-5-,25-17?,27-16?. The lowest BCUT2D eigenvalue weighted by Gasteiger charge is -2.49. The summed E-state index contributed by atoms with van der Waals surface area (Å²) in [5, 5.41) is 7.75. The number of ether oxygens (including phenoxy) is 1. The Kier molecular flexibility index (Phi) is 5.74. The molecule has 3 rings (SSSR count). The molecule has 8 heteroatoms. The Labute approximate surface area is 168 Å².